The Kier molecular flexibility index (Phi) is 10.6. The number of rotatable bonds is 14. The number of halogens is 2. The zero-order chi connectivity index (χ0) is 32.1. The molecule has 0 amide bonds. The third-order valence-corrected chi connectivity index (χ3v) is 10.3. The number of hydrogen-bond donors (Lipinski definition) is 0. The maximum atomic E-state index is 16.6. The minimum atomic E-state index is -0.511. The topological polar surface area (TPSA) is 66.8 Å². The molecule has 2 fully saturated rings. The molecular weight excluding hydrogens is 623 g/mol. The van der Waals surface area contributed by atoms with Gasteiger partial charge in [0.1, 0.15) is 23.6 Å². The summed E-state index contributed by atoms with van der Waals surface area (Å²) in [7, 11) is 5.76. The lowest BCUT2D eigenvalue weighted by atomic mass is 9.95. The number of ether oxygens (including phenoxy) is 2. The van der Waals surface area contributed by atoms with Crippen LogP contribution in [0.5, 0.6) is 6.01 Å². The Morgan fingerprint density at radius 2 is 1.87 bits per heavy atom. The molecule has 0 unspecified atom stereocenters. The minimum Gasteiger partial charge on any atom is -0.461 e. The van der Waals surface area contributed by atoms with Crippen molar-refractivity contribution in [3.05, 3.63) is 64.9 Å². The summed E-state index contributed by atoms with van der Waals surface area (Å²) in [6.45, 7) is 5.86. The van der Waals surface area contributed by atoms with Gasteiger partial charge in [-0.1, -0.05) is 48.0 Å². The van der Waals surface area contributed by atoms with Gasteiger partial charge in [0.05, 0.1) is 17.5 Å². The van der Waals surface area contributed by atoms with E-state index in [0.29, 0.717) is 41.5 Å². The van der Waals surface area contributed by atoms with E-state index in [-0.39, 0.29) is 22.8 Å². The summed E-state index contributed by atoms with van der Waals surface area (Å²) >= 11 is 8.35. The lowest BCUT2D eigenvalue weighted by Gasteiger charge is -2.31. The fraction of sp³-hybridized carbons (Fsp3) is 0.457. The highest BCUT2D eigenvalue weighted by Gasteiger charge is 2.45. The standard InChI is InChI=1S/C35H42ClFN6O2S/c1-41(18-20-44-3)15-8-21-46-22-19-42(2)33-27-23-38-31(26-11-4-9-25-10-5-12-28(36)29(25)26)30(37)32(27)39-34(40-33)45-24-35-13-6-16-43(35)17-7-14-35/h4-5,8-12,21,23H,6-7,13-20,22,24H2,1-3H3/b21-8+. The minimum absolute atomic E-state index is 0.0205. The molecule has 0 radical (unpaired) electrons. The number of thioether (sulfide) groups is 1. The van der Waals surface area contributed by atoms with Gasteiger partial charge in [0.15, 0.2) is 5.82 Å². The predicted octanol–water partition coefficient (Wildman–Crippen LogP) is 6.91. The number of pyridine rings is 1. The van der Waals surface area contributed by atoms with Crippen molar-refractivity contribution in [1.82, 2.24) is 24.8 Å². The molecule has 2 aliphatic rings. The van der Waals surface area contributed by atoms with Crippen molar-refractivity contribution in [2.45, 2.75) is 31.2 Å². The third kappa shape index (κ3) is 6.96. The van der Waals surface area contributed by atoms with Gasteiger partial charge in [-0.2, -0.15) is 9.97 Å². The molecule has 0 saturated carbocycles. The van der Waals surface area contributed by atoms with Crippen molar-refractivity contribution in [2.75, 3.05) is 77.8 Å². The highest BCUT2D eigenvalue weighted by Crippen LogP contribution is 2.40. The number of anilines is 1. The fourth-order valence-corrected chi connectivity index (χ4v) is 7.73. The monoisotopic (exact) mass is 664 g/mol. The average molecular weight is 665 g/mol. The van der Waals surface area contributed by atoms with Gasteiger partial charge < -0.3 is 19.3 Å². The molecule has 2 saturated heterocycles. The number of likely N-dealkylation sites (N-methyl/N-ethyl adjacent to an activating group) is 1. The smallest absolute Gasteiger partial charge is 0.319 e. The number of aromatic nitrogens is 3. The molecule has 2 aromatic heterocycles. The second kappa shape index (κ2) is 14.8. The van der Waals surface area contributed by atoms with Crippen LogP contribution in [0.3, 0.4) is 0 Å². The summed E-state index contributed by atoms with van der Waals surface area (Å²) < 4.78 is 28.1. The predicted molar refractivity (Wildman–Crippen MR) is 188 cm³/mol. The highest BCUT2D eigenvalue weighted by molar-refractivity contribution is 8.02. The van der Waals surface area contributed by atoms with E-state index in [0.717, 1.165) is 55.5 Å². The van der Waals surface area contributed by atoms with E-state index in [4.69, 9.17) is 26.1 Å². The maximum Gasteiger partial charge on any atom is 0.319 e. The lowest BCUT2D eigenvalue weighted by molar-refractivity contribution is 0.108. The molecule has 0 aliphatic carbocycles. The summed E-state index contributed by atoms with van der Waals surface area (Å²) in [5.41, 5.74) is 1.05. The van der Waals surface area contributed by atoms with Gasteiger partial charge in [0.25, 0.3) is 0 Å². The summed E-state index contributed by atoms with van der Waals surface area (Å²) in [4.78, 5) is 20.9. The van der Waals surface area contributed by atoms with Crippen LogP contribution >= 0.6 is 23.4 Å². The van der Waals surface area contributed by atoms with Gasteiger partial charge in [0, 0.05) is 61.7 Å². The molecule has 0 atom stereocenters. The number of fused-ring (bicyclic) bond motifs is 3. The molecule has 0 N–H and O–H groups in total. The van der Waals surface area contributed by atoms with E-state index in [1.54, 1.807) is 25.1 Å². The molecule has 0 spiro atoms. The summed E-state index contributed by atoms with van der Waals surface area (Å²) in [5, 5.41) is 4.90. The summed E-state index contributed by atoms with van der Waals surface area (Å²) in [6, 6.07) is 11.6. The largest absolute Gasteiger partial charge is 0.461 e. The molecule has 244 valence electrons. The van der Waals surface area contributed by atoms with Crippen molar-refractivity contribution in [1.29, 1.82) is 0 Å². The summed E-state index contributed by atoms with van der Waals surface area (Å²) in [6.07, 6.45) is 8.37. The molecule has 8 nitrogen and oxygen atoms in total. The molecule has 6 rings (SSSR count). The molecule has 2 aliphatic heterocycles. The van der Waals surface area contributed by atoms with Crippen LogP contribution in [0.2, 0.25) is 5.02 Å². The van der Waals surface area contributed by atoms with Crippen LogP contribution in [0.15, 0.2) is 54.1 Å². The number of nitrogens with zero attached hydrogens (tertiary/aromatic N) is 6. The quantitative estimate of drug-likeness (QED) is 0.134. The van der Waals surface area contributed by atoms with Crippen LogP contribution in [0.4, 0.5) is 10.2 Å². The second-order valence-corrected chi connectivity index (χ2v) is 13.7. The van der Waals surface area contributed by atoms with Gasteiger partial charge in [-0.25, -0.2) is 4.39 Å². The van der Waals surface area contributed by atoms with Gasteiger partial charge >= 0.3 is 6.01 Å². The molecule has 11 heteroatoms. The summed E-state index contributed by atoms with van der Waals surface area (Å²) in [5.74, 6) is 0.921. The lowest BCUT2D eigenvalue weighted by Crippen LogP contribution is -2.43. The molecule has 2 aromatic carbocycles. The van der Waals surface area contributed by atoms with Crippen LogP contribution in [-0.4, -0.2) is 103 Å². The molecule has 4 aromatic rings. The van der Waals surface area contributed by atoms with Gasteiger partial charge in [-0.15, -0.1) is 11.8 Å². The number of hydrogen-bond acceptors (Lipinski definition) is 9. The van der Waals surface area contributed by atoms with Crippen LogP contribution in [0.25, 0.3) is 32.9 Å². The molecule has 4 heterocycles. The first-order chi connectivity index (χ1) is 22.4. The zero-order valence-corrected chi connectivity index (χ0v) is 28.4. The van der Waals surface area contributed by atoms with Crippen LogP contribution < -0.4 is 9.64 Å². The third-order valence-electron chi connectivity index (χ3n) is 9.23. The van der Waals surface area contributed by atoms with Crippen LogP contribution in [0.1, 0.15) is 25.7 Å². The van der Waals surface area contributed by atoms with Crippen LogP contribution in [0, 0.1) is 5.82 Å². The van der Waals surface area contributed by atoms with Gasteiger partial charge in [-0.05, 0) is 62.7 Å². The number of benzene rings is 2. The van der Waals surface area contributed by atoms with Gasteiger partial charge in [0.2, 0.25) is 0 Å². The Bertz CT molecular complexity index is 1690. The Labute approximate surface area is 279 Å². The Hall–Kier alpha value is -3.02. The zero-order valence-electron chi connectivity index (χ0n) is 26.8. The Morgan fingerprint density at radius 3 is 2.65 bits per heavy atom. The maximum absolute atomic E-state index is 16.6. The normalized spacial score (nSPS) is 16.3. The molecule has 46 heavy (non-hydrogen) atoms. The van der Waals surface area contributed by atoms with E-state index >= 15 is 4.39 Å². The van der Waals surface area contributed by atoms with Gasteiger partial charge in [-0.3, -0.25) is 9.88 Å². The van der Waals surface area contributed by atoms with E-state index in [1.807, 2.05) is 48.3 Å². The van der Waals surface area contributed by atoms with Crippen molar-refractivity contribution < 1.29 is 13.9 Å². The van der Waals surface area contributed by atoms with E-state index in [1.165, 1.54) is 12.8 Å². The van der Waals surface area contributed by atoms with Crippen molar-refractivity contribution in [2.24, 2.45) is 0 Å². The first-order valence-electron chi connectivity index (χ1n) is 16.0. The number of methoxy groups -OCH3 is 1. The first-order valence-corrected chi connectivity index (χ1v) is 17.4. The molecule has 0 bridgehead atoms. The second-order valence-electron chi connectivity index (χ2n) is 12.3. The van der Waals surface area contributed by atoms with E-state index in [2.05, 4.69) is 38.3 Å². The average Bonchev–Trinajstić information content (AvgIpc) is 3.65. The molecular formula is C35H42ClFN6O2S. The van der Waals surface area contributed by atoms with Crippen LogP contribution in [-0.2, 0) is 4.74 Å². The Balaban J connectivity index is 1.29. The van der Waals surface area contributed by atoms with Crippen molar-refractivity contribution in [3.63, 3.8) is 0 Å². The first kappa shape index (κ1) is 32.9. The fourth-order valence-electron chi connectivity index (χ4n) is 6.71. The van der Waals surface area contributed by atoms with Crippen molar-refractivity contribution >= 4 is 50.9 Å². The highest BCUT2D eigenvalue weighted by atomic mass is 35.5. The van der Waals surface area contributed by atoms with E-state index < -0.39 is 5.82 Å². The van der Waals surface area contributed by atoms with Crippen molar-refractivity contribution in [3.8, 4) is 17.3 Å². The SMILES string of the molecule is COCCN(C)C/C=C/SCCN(C)c1nc(OCC23CCCN2CCC3)nc2c(F)c(-c3cccc4cccc(Cl)c34)ncc12. The van der Waals surface area contributed by atoms with E-state index in [9.17, 15) is 0 Å². The Morgan fingerprint density at radius 1 is 1.09 bits per heavy atom.